The van der Waals surface area contributed by atoms with E-state index in [1.165, 1.54) is 9.75 Å². The highest BCUT2D eigenvalue weighted by atomic mass is 32.1. The third kappa shape index (κ3) is 2.56. The second kappa shape index (κ2) is 4.72. The maximum Gasteiger partial charge on any atom is 0.307 e. The molecule has 5 heteroatoms. The number of amides is 1. The molecule has 0 spiro atoms. The lowest BCUT2D eigenvalue weighted by molar-refractivity contribution is -0.140. The van der Waals surface area contributed by atoms with Gasteiger partial charge in [-0.3, -0.25) is 9.59 Å². The highest BCUT2D eigenvalue weighted by Crippen LogP contribution is 2.39. The molecule has 0 radical (unpaired) electrons. The molecule has 3 atom stereocenters. The number of hydrogen-bond donors (Lipinski definition) is 2. The van der Waals surface area contributed by atoms with Crippen molar-refractivity contribution in [3.8, 4) is 0 Å². The van der Waals surface area contributed by atoms with E-state index in [1.54, 1.807) is 11.3 Å². The van der Waals surface area contributed by atoms with Crippen LogP contribution in [-0.2, 0) is 9.59 Å². The fraction of sp³-hybridized carbons (Fsp3) is 0.538. The van der Waals surface area contributed by atoms with Crippen molar-refractivity contribution in [2.45, 2.75) is 33.2 Å². The van der Waals surface area contributed by atoms with Crippen LogP contribution in [0.25, 0.3) is 0 Å². The average molecular weight is 267 g/mol. The minimum atomic E-state index is -0.870. The molecule has 1 fully saturated rings. The summed E-state index contributed by atoms with van der Waals surface area (Å²) in [6.07, 6.45) is 0.468. The van der Waals surface area contributed by atoms with Crippen molar-refractivity contribution in [3.63, 3.8) is 0 Å². The molecule has 2 rings (SSSR count). The van der Waals surface area contributed by atoms with Gasteiger partial charge >= 0.3 is 5.97 Å². The minimum absolute atomic E-state index is 0.0579. The number of carboxylic acid groups (broad SMARTS) is 1. The average Bonchev–Trinajstić information content (AvgIpc) is 2.99. The second-order valence-electron chi connectivity index (χ2n) is 4.89. The van der Waals surface area contributed by atoms with Crippen LogP contribution in [0.5, 0.6) is 0 Å². The zero-order chi connectivity index (χ0) is 13.4. The molecule has 0 aromatic carbocycles. The molecule has 0 aliphatic heterocycles. The van der Waals surface area contributed by atoms with Crippen molar-refractivity contribution >= 4 is 23.2 Å². The molecule has 18 heavy (non-hydrogen) atoms. The predicted molar refractivity (Wildman–Crippen MR) is 69.6 cm³/mol. The number of nitrogens with one attached hydrogen (secondary N) is 1. The van der Waals surface area contributed by atoms with Crippen molar-refractivity contribution in [2.24, 2.45) is 11.8 Å². The highest BCUT2D eigenvalue weighted by Gasteiger charge is 2.48. The number of rotatable bonds is 4. The summed E-state index contributed by atoms with van der Waals surface area (Å²) >= 11 is 1.71. The van der Waals surface area contributed by atoms with E-state index in [0.717, 1.165) is 5.56 Å². The summed E-state index contributed by atoms with van der Waals surface area (Å²) in [5.41, 5.74) is 1.12. The Morgan fingerprint density at radius 1 is 1.44 bits per heavy atom. The predicted octanol–water partition coefficient (Wildman–Crippen LogP) is 2.26. The number of carbonyl (C=O) groups is 2. The number of thiophene rings is 1. The van der Waals surface area contributed by atoms with Gasteiger partial charge < -0.3 is 10.4 Å². The van der Waals surface area contributed by atoms with Crippen LogP contribution in [0.1, 0.15) is 34.7 Å². The SMILES string of the molecule is Cc1cc([C@H](C)NC(=O)[C@H]2C[C@H]2C(=O)O)c(C)s1. The molecule has 1 aromatic rings. The Hall–Kier alpha value is -1.36. The largest absolute Gasteiger partial charge is 0.481 e. The molecule has 4 nitrogen and oxygen atoms in total. The molecule has 1 aliphatic carbocycles. The van der Waals surface area contributed by atoms with Gasteiger partial charge in [-0.15, -0.1) is 11.3 Å². The van der Waals surface area contributed by atoms with Gasteiger partial charge in [-0.05, 0) is 38.8 Å². The molecule has 1 amide bonds. The molecule has 0 saturated heterocycles. The summed E-state index contributed by atoms with van der Waals surface area (Å²) in [6.45, 7) is 6.01. The highest BCUT2D eigenvalue weighted by molar-refractivity contribution is 7.12. The summed E-state index contributed by atoms with van der Waals surface area (Å²) in [5.74, 6) is -1.84. The molecule has 1 aromatic heterocycles. The maximum atomic E-state index is 11.9. The maximum absolute atomic E-state index is 11.9. The van der Waals surface area contributed by atoms with Crippen LogP contribution in [0.2, 0.25) is 0 Å². The Morgan fingerprint density at radius 2 is 2.11 bits per heavy atom. The zero-order valence-electron chi connectivity index (χ0n) is 10.7. The molecule has 1 heterocycles. The quantitative estimate of drug-likeness (QED) is 0.879. The van der Waals surface area contributed by atoms with E-state index >= 15 is 0 Å². The number of hydrogen-bond acceptors (Lipinski definition) is 3. The Balaban J connectivity index is 1.96. The Morgan fingerprint density at radius 3 is 2.56 bits per heavy atom. The van der Waals surface area contributed by atoms with Crippen LogP contribution in [0, 0.1) is 25.7 Å². The first-order valence-corrected chi connectivity index (χ1v) is 6.82. The lowest BCUT2D eigenvalue weighted by Gasteiger charge is -2.13. The zero-order valence-corrected chi connectivity index (χ0v) is 11.5. The molecule has 0 unspecified atom stereocenters. The Kier molecular flexibility index (Phi) is 3.43. The van der Waals surface area contributed by atoms with Gasteiger partial charge in [0, 0.05) is 9.75 Å². The summed E-state index contributed by atoms with van der Waals surface area (Å²) in [6, 6.07) is 2.02. The van der Waals surface area contributed by atoms with Gasteiger partial charge in [-0.2, -0.15) is 0 Å². The standard InChI is InChI=1S/C13H17NO3S/c1-6-4-9(8(3)18-6)7(2)14-12(15)10-5-11(10)13(16)17/h4,7,10-11H,5H2,1-3H3,(H,14,15)(H,16,17)/t7-,10-,11+/m0/s1. The molecule has 0 bridgehead atoms. The first-order chi connectivity index (χ1) is 8.40. The van der Waals surface area contributed by atoms with Crippen molar-refractivity contribution in [2.75, 3.05) is 0 Å². The molecular formula is C13H17NO3S. The molecule has 2 N–H and O–H groups in total. The van der Waals surface area contributed by atoms with Gasteiger partial charge in [0.1, 0.15) is 0 Å². The molecule has 1 aliphatic rings. The van der Waals surface area contributed by atoms with E-state index in [9.17, 15) is 9.59 Å². The van der Waals surface area contributed by atoms with Crippen molar-refractivity contribution in [1.82, 2.24) is 5.32 Å². The van der Waals surface area contributed by atoms with Gasteiger partial charge in [-0.1, -0.05) is 0 Å². The van der Waals surface area contributed by atoms with Crippen LogP contribution in [0.4, 0.5) is 0 Å². The van der Waals surface area contributed by atoms with Crippen LogP contribution in [0.3, 0.4) is 0 Å². The Labute approximate surface area is 110 Å². The van der Waals surface area contributed by atoms with Crippen LogP contribution in [-0.4, -0.2) is 17.0 Å². The van der Waals surface area contributed by atoms with Crippen molar-refractivity contribution < 1.29 is 14.7 Å². The first-order valence-electron chi connectivity index (χ1n) is 6.00. The Bertz CT molecular complexity index is 494. The van der Waals surface area contributed by atoms with Crippen molar-refractivity contribution in [1.29, 1.82) is 0 Å². The van der Waals surface area contributed by atoms with E-state index in [2.05, 4.69) is 11.4 Å². The van der Waals surface area contributed by atoms with Crippen LogP contribution < -0.4 is 5.32 Å². The monoisotopic (exact) mass is 267 g/mol. The summed E-state index contributed by atoms with van der Waals surface area (Å²) < 4.78 is 0. The first kappa shape index (κ1) is 13.1. The van der Waals surface area contributed by atoms with Gasteiger partial charge in [-0.25, -0.2) is 0 Å². The van der Waals surface area contributed by atoms with Crippen LogP contribution in [0.15, 0.2) is 6.07 Å². The van der Waals surface area contributed by atoms with Gasteiger partial charge in [0.15, 0.2) is 0 Å². The van der Waals surface area contributed by atoms with E-state index in [1.807, 2.05) is 20.8 Å². The topological polar surface area (TPSA) is 66.4 Å². The number of carboxylic acids is 1. The van der Waals surface area contributed by atoms with Crippen molar-refractivity contribution in [3.05, 3.63) is 21.4 Å². The molecule has 1 saturated carbocycles. The van der Waals surface area contributed by atoms with E-state index < -0.39 is 11.9 Å². The van der Waals surface area contributed by atoms with E-state index in [0.29, 0.717) is 6.42 Å². The smallest absolute Gasteiger partial charge is 0.307 e. The summed E-state index contributed by atoms with van der Waals surface area (Å²) in [5, 5.41) is 11.7. The summed E-state index contributed by atoms with van der Waals surface area (Å²) in [7, 11) is 0. The van der Waals surface area contributed by atoms with Crippen LogP contribution >= 0.6 is 11.3 Å². The van der Waals surface area contributed by atoms with Gasteiger partial charge in [0.05, 0.1) is 17.9 Å². The lowest BCUT2D eigenvalue weighted by Crippen LogP contribution is -2.29. The third-order valence-electron chi connectivity index (χ3n) is 3.35. The minimum Gasteiger partial charge on any atom is -0.481 e. The normalized spacial score (nSPS) is 23.5. The van der Waals surface area contributed by atoms with Gasteiger partial charge in [0.2, 0.25) is 5.91 Å². The van der Waals surface area contributed by atoms with Gasteiger partial charge in [0.25, 0.3) is 0 Å². The summed E-state index contributed by atoms with van der Waals surface area (Å²) in [4.78, 5) is 25.0. The molecular weight excluding hydrogens is 250 g/mol. The number of aliphatic carboxylic acids is 1. The third-order valence-corrected chi connectivity index (χ3v) is 4.33. The lowest BCUT2D eigenvalue weighted by atomic mass is 10.1. The van der Waals surface area contributed by atoms with E-state index in [4.69, 9.17) is 5.11 Å². The molecule has 98 valence electrons. The van der Waals surface area contributed by atoms with E-state index in [-0.39, 0.29) is 17.9 Å². The fourth-order valence-electron chi connectivity index (χ4n) is 2.24. The second-order valence-corrected chi connectivity index (χ2v) is 6.35. The fourth-order valence-corrected chi connectivity index (χ4v) is 3.26. The number of carbonyl (C=O) groups excluding carboxylic acids is 1. The number of aryl methyl sites for hydroxylation is 2.